The molecule has 0 spiro atoms. The molecule has 6 nitrogen and oxygen atoms in total. The van der Waals surface area contributed by atoms with Gasteiger partial charge in [0.25, 0.3) is 0 Å². The van der Waals surface area contributed by atoms with Crippen molar-refractivity contribution < 1.29 is 4.79 Å². The first-order chi connectivity index (χ1) is 10.2. The largest absolute Gasteiger partial charge is 0.338 e. The number of aryl methyl sites for hydroxylation is 1. The summed E-state index contributed by atoms with van der Waals surface area (Å²) in [5.74, 6) is 0.705. The minimum absolute atomic E-state index is 0.0236. The average Bonchev–Trinajstić information content (AvgIpc) is 3.15. The lowest BCUT2D eigenvalue weighted by atomic mass is 10.1. The predicted molar refractivity (Wildman–Crippen MR) is 82.0 cm³/mol. The summed E-state index contributed by atoms with van der Waals surface area (Å²) >= 11 is 7.15. The fourth-order valence-electron chi connectivity index (χ4n) is 2.15. The third-order valence-corrected chi connectivity index (χ3v) is 4.57. The highest BCUT2D eigenvalue weighted by atomic mass is 35.5. The van der Waals surface area contributed by atoms with Crippen LogP contribution in [0.25, 0.3) is 16.3 Å². The second-order valence-corrected chi connectivity index (χ2v) is 6.02. The molecule has 2 aromatic rings. The van der Waals surface area contributed by atoms with Crippen molar-refractivity contribution in [3.63, 3.8) is 0 Å². The van der Waals surface area contributed by atoms with Crippen LogP contribution in [0.4, 0.5) is 0 Å². The fourth-order valence-corrected chi connectivity index (χ4v) is 3.24. The molecular weight excluding hydrogens is 310 g/mol. The molecular formula is C13H14ClN5OS. The number of amides is 1. The molecule has 3 rings (SSSR count). The molecule has 0 bridgehead atoms. The van der Waals surface area contributed by atoms with Crippen LogP contribution in [0.2, 0.25) is 0 Å². The molecule has 0 unspecified atom stereocenters. The lowest BCUT2D eigenvalue weighted by Crippen LogP contribution is -2.35. The van der Waals surface area contributed by atoms with Crippen LogP contribution < -0.4 is 0 Å². The number of carbonyl (C=O) groups is 1. The van der Waals surface area contributed by atoms with E-state index in [1.165, 1.54) is 5.57 Å². The Morgan fingerprint density at radius 1 is 1.48 bits per heavy atom. The van der Waals surface area contributed by atoms with Crippen molar-refractivity contribution in [1.82, 2.24) is 24.6 Å². The Morgan fingerprint density at radius 3 is 2.95 bits per heavy atom. The standard InChI is InChI=1S/C13H14ClN5OS/c1-18-8-16-12(17-18)10-7-15-13(21-10)9-2-4-19(5-3-9)11(20)6-14/h2,7-8H,3-6H2,1H3. The van der Waals surface area contributed by atoms with Gasteiger partial charge in [-0.05, 0) is 12.0 Å². The van der Waals surface area contributed by atoms with Crippen LogP contribution in [-0.4, -0.2) is 49.5 Å². The van der Waals surface area contributed by atoms with E-state index in [4.69, 9.17) is 11.6 Å². The zero-order valence-electron chi connectivity index (χ0n) is 11.5. The van der Waals surface area contributed by atoms with Crippen molar-refractivity contribution in [3.8, 4) is 10.7 Å². The average molecular weight is 324 g/mol. The summed E-state index contributed by atoms with van der Waals surface area (Å²) in [6, 6.07) is 0. The van der Waals surface area contributed by atoms with E-state index in [-0.39, 0.29) is 11.8 Å². The Kier molecular flexibility index (Phi) is 4.03. The van der Waals surface area contributed by atoms with Gasteiger partial charge in [0.15, 0.2) is 5.82 Å². The van der Waals surface area contributed by atoms with Gasteiger partial charge in [0.2, 0.25) is 5.91 Å². The number of carbonyl (C=O) groups excluding carboxylic acids is 1. The first-order valence-corrected chi connectivity index (χ1v) is 7.87. The Hall–Kier alpha value is -1.73. The number of aromatic nitrogens is 4. The second kappa shape index (κ2) is 5.95. The molecule has 1 aliphatic rings. The molecule has 21 heavy (non-hydrogen) atoms. The highest BCUT2D eigenvalue weighted by molar-refractivity contribution is 7.16. The number of hydrogen-bond donors (Lipinski definition) is 0. The summed E-state index contributed by atoms with van der Waals surface area (Å²) in [6.45, 7) is 1.28. The lowest BCUT2D eigenvalue weighted by Gasteiger charge is -2.25. The number of alkyl halides is 1. The number of hydrogen-bond acceptors (Lipinski definition) is 5. The summed E-state index contributed by atoms with van der Waals surface area (Å²) in [7, 11) is 1.84. The van der Waals surface area contributed by atoms with Gasteiger partial charge in [0.1, 0.15) is 17.2 Å². The van der Waals surface area contributed by atoms with Gasteiger partial charge in [0, 0.05) is 26.3 Å². The van der Waals surface area contributed by atoms with Gasteiger partial charge in [-0.15, -0.1) is 22.9 Å². The van der Waals surface area contributed by atoms with Crippen molar-refractivity contribution in [2.24, 2.45) is 7.05 Å². The maximum atomic E-state index is 11.5. The van der Waals surface area contributed by atoms with Gasteiger partial charge in [0.05, 0.1) is 4.88 Å². The van der Waals surface area contributed by atoms with Crippen molar-refractivity contribution >= 4 is 34.4 Å². The molecule has 0 saturated heterocycles. The molecule has 0 saturated carbocycles. The first kappa shape index (κ1) is 14.2. The summed E-state index contributed by atoms with van der Waals surface area (Å²) in [6.07, 6.45) is 6.31. The van der Waals surface area contributed by atoms with Crippen LogP contribution in [-0.2, 0) is 11.8 Å². The maximum Gasteiger partial charge on any atom is 0.237 e. The van der Waals surface area contributed by atoms with Gasteiger partial charge in [-0.1, -0.05) is 6.08 Å². The number of halogens is 1. The van der Waals surface area contributed by atoms with Crippen molar-refractivity contribution in [3.05, 3.63) is 23.6 Å². The van der Waals surface area contributed by atoms with Crippen molar-refractivity contribution in [2.45, 2.75) is 6.42 Å². The van der Waals surface area contributed by atoms with Gasteiger partial charge in [-0.3, -0.25) is 9.48 Å². The molecule has 1 aliphatic heterocycles. The Labute approximate surface area is 131 Å². The molecule has 0 aromatic carbocycles. The number of rotatable bonds is 3. The summed E-state index contributed by atoms with van der Waals surface area (Å²) in [5, 5.41) is 5.24. The Morgan fingerprint density at radius 2 is 2.33 bits per heavy atom. The van der Waals surface area contributed by atoms with E-state index >= 15 is 0 Å². The monoisotopic (exact) mass is 323 g/mol. The normalized spacial score (nSPS) is 15.1. The van der Waals surface area contributed by atoms with Gasteiger partial charge in [-0.25, -0.2) is 9.97 Å². The van der Waals surface area contributed by atoms with Crippen LogP contribution in [0.1, 0.15) is 11.4 Å². The Balaban J connectivity index is 1.75. The van der Waals surface area contributed by atoms with Crippen LogP contribution in [0.15, 0.2) is 18.6 Å². The highest BCUT2D eigenvalue weighted by Crippen LogP contribution is 2.30. The third kappa shape index (κ3) is 2.98. The number of thiazole rings is 1. The topological polar surface area (TPSA) is 63.9 Å². The van der Waals surface area contributed by atoms with E-state index in [2.05, 4.69) is 15.1 Å². The predicted octanol–water partition coefficient (Wildman–Crippen LogP) is 1.79. The van der Waals surface area contributed by atoms with Crippen molar-refractivity contribution in [2.75, 3.05) is 19.0 Å². The molecule has 8 heteroatoms. The smallest absolute Gasteiger partial charge is 0.237 e. The lowest BCUT2D eigenvalue weighted by molar-refractivity contribution is -0.128. The molecule has 0 N–H and O–H groups in total. The van der Waals surface area contributed by atoms with E-state index in [0.717, 1.165) is 16.3 Å². The van der Waals surface area contributed by atoms with Crippen molar-refractivity contribution in [1.29, 1.82) is 0 Å². The van der Waals surface area contributed by atoms with E-state index < -0.39 is 0 Å². The molecule has 3 heterocycles. The quantitative estimate of drug-likeness (QED) is 0.808. The molecule has 0 radical (unpaired) electrons. The summed E-state index contributed by atoms with van der Waals surface area (Å²) in [4.78, 5) is 22.9. The van der Waals surface area contributed by atoms with Crippen LogP contribution in [0, 0.1) is 0 Å². The minimum atomic E-state index is -0.0236. The van der Waals surface area contributed by atoms with Gasteiger partial charge in [-0.2, -0.15) is 5.10 Å². The van der Waals surface area contributed by atoms with Crippen LogP contribution in [0.3, 0.4) is 0 Å². The van der Waals surface area contributed by atoms with E-state index in [1.807, 2.05) is 13.1 Å². The third-order valence-electron chi connectivity index (χ3n) is 3.28. The van der Waals surface area contributed by atoms with Gasteiger partial charge >= 0.3 is 0 Å². The fraction of sp³-hybridized carbons (Fsp3) is 0.385. The molecule has 0 atom stereocenters. The van der Waals surface area contributed by atoms with Crippen LogP contribution in [0.5, 0.6) is 0 Å². The molecule has 1 amide bonds. The second-order valence-electron chi connectivity index (χ2n) is 4.72. The first-order valence-electron chi connectivity index (χ1n) is 6.52. The number of nitrogens with zero attached hydrogens (tertiary/aromatic N) is 5. The van der Waals surface area contributed by atoms with Gasteiger partial charge < -0.3 is 4.90 Å². The molecule has 0 aliphatic carbocycles. The molecule has 0 fully saturated rings. The highest BCUT2D eigenvalue weighted by Gasteiger charge is 2.19. The SMILES string of the molecule is Cn1cnc(-c2cnc(C3=CCN(C(=O)CCl)CC3)s2)n1. The van der Waals surface area contributed by atoms with E-state index in [0.29, 0.717) is 18.9 Å². The van der Waals surface area contributed by atoms with Crippen LogP contribution >= 0.6 is 22.9 Å². The summed E-state index contributed by atoms with van der Waals surface area (Å²) in [5.41, 5.74) is 1.17. The maximum absolute atomic E-state index is 11.5. The zero-order chi connectivity index (χ0) is 14.8. The molecule has 110 valence electrons. The van der Waals surface area contributed by atoms with E-state index in [1.54, 1.807) is 33.4 Å². The zero-order valence-corrected chi connectivity index (χ0v) is 13.1. The summed E-state index contributed by atoms with van der Waals surface area (Å²) < 4.78 is 1.67. The van der Waals surface area contributed by atoms with E-state index in [9.17, 15) is 4.79 Å². The molecule has 2 aromatic heterocycles. The Bertz CT molecular complexity index is 692. The minimum Gasteiger partial charge on any atom is -0.338 e.